The average Bonchev–Trinajstić information content (AvgIpc) is 2.47. The Hall–Kier alpha value is -1.98. The number of carbonyl (C=O) groups excluding carboxylic acids is 1. The van der Waals surface area contributed by atoms with E-state index in [9.17, 15) is 9.18 Å². The molecule has 0 saturated carbocycles. The number of nitrogens with zero attached hydrogens (tertiary/aromatic N) is 1. The molecule has 0 heterocycles. The maximum Gasteiger partial charge on any atom is 0.254 e. The number of rotatable bonds is 5. The first kappa shape index (κ1) is 14.4. The van der Waals surface area contributed by atoms with Crippen molar-refractivity contribution in [3.8, 4) is 0 Å². The van der Waals surface area contributed by atoms with Gasteiger partial charge in [-0.15, -0.1) is 0 Å². The van der Waals surface area contributed by atoms with Gasteiger partial charge in [-0.3, -0.25) is 4.79 Å². The van der Waals surface area contributed by atoms with Crippen LogP contribution < -0.4 is 0 Å². The zero-order chi connectivity index (χ0) is 14.5. The van der Waals surface area contributed by atoms with E-state index in [1.165, 1.54) is 17.0 Å². The van der Waals surface area contributed by atoms with Gasteiger partial charge < -0.3 is 15.1 Å². The highest BCUT2D eigenvalue weighted by Gasteiger charge is 2.18. The zero-order valence-corrected chi connectivity index (χ0v) is 10.9. The predicted molar refractivity (Wildman–Crippen MR) is 74.0 cm³/mol. The number of carbonyl (C=O) groups is 1. The number of benzene rings is 2. The molecule has 0 fully saturated rings. The molecule has 0 aliphatic heterocycles. The van der Waals surface area contributed by atoms with E-state index in [-0.39, 0.29) is 38.0 Å². The fraction of sp³-hybridized carbons (Fsp3) is 0.267. The minimum absolute atomic E-state index is 0.130. The van der Waals surface area contributed by atoms with Gasteiger partial charge in [0.25, 0.3) is 5.91 Å². The molecule has 4 nitrogen and oxygen atoms in total. The van der Waals surface area contributed by atoms with Gasteiger partial charge in [0, 0.05) is 24.0 Å². The maximum atomic E-state index is 13.7. The molecule has 0 radical (unpaired) electrons. The third kappa shape index (κ3) is 2.79. The summed E-state index contributed by atoms with van der Waals surface area (Å²) < 4.78 is 13.7. The summed E-state index contributed by atoms with van der Waals surface area (Å²) in [5.74, 6) is -0.711. The van der Waals surface area contributed by atoms with Crippen LogP contribution in [0, 0.1) is 5.82 Å². The summed E-state index contributed by atoms with van der Waals surface area (Å²) in [5, 5.41) is 18.9. The molecular weight excluding hydrogens is 261 g/mol. The first-order chi connectivity index (χ1) is 9.69. The summed E-state index contributed by atoms with van der Waals surface area (Å²) in [6.45, 7) is -0.119. The number of hydrogen-bond acceptors (Lipinski definition) is 3. The zero-order valence-electron chi connectivity index (χ0n) is 10.9. The van der Waals surface area contributed by atoms with E-state index in [0.717, 1.165) is 0 Å². The summed E-state index contributed by atoms with van der Waals surface area (Å²) in [6.07, 6.45) is 0. The van der Waals surface area contributed by atoms with Crippen LogP contribution >= 0.6 is 0 Å². The molecule has 2 aromatic carbocycles. The van der Waals surface area contributed by atoms with Crippen LogP contribution in [0.25, 0.3) is 10.8 Å². The van der Waals surface area contributed by atoms with Gasteiger partial charge in [0.2, 0.25) is 0 Å². The van der Waals surface area contributed by atoms with Crippen LogP contribution in [0.3, 0.4) is 0 Å². The monoisotopic (exact) mass is 277 g/mol. The largest absolute Gasteiger partial charge is 0.395 e. The molecule has 20 heavy (non-hydrogen) atoms. The van der Waals surface area contributed by atoms with Gasteiger partial charge in [-0.25, -0.2) is 4.39 Å². The van der Waals surface area contributed by atoms with Crippen molar-refractivity contribution in [3.63, 3.8) is 0 Å². The standard InChI is InChI=1S/C15H16FNO3/c16-14-6-5-13(11-3-1-2-4-12(11)14)15(20)17(7-9-18)8-10-19/h1-6,18-19H,7-10H2. The highest BCUT2D eigenvalue weighted by Crippen LogP contribution is 2.23. The fourth-order valence-electron chi connectivity index (χ4n) is 2.18. The molecule has 106 valence electrons. The lowest BCUT2D eigenvalue weighted by atomic mass is 10.0. The van der Waals surface area contributed by atoms with Crippen LogP contribution in [0.2, 0.25) is 0 Å². The van der Waals surface area contributed by atoms with Gasteiger partial charge in [0.1, 0.15) is 5.82 Å². The van der Waals surface area contributed by atoms with Crippen molar-refractivity contribution in [1.82, 2.24) is 4.90 Å². The predicted octanol–water partition coefficient (Wildman–Crippen LogP) is 1.41. The summed E-state index contributed by atoms with van der Waals surface area (Å²) >= 11 is 0. The van der Waals surface area contributed by atoms with Crippen molar-refractivity contribution < 1.29 is 19.4 Å². The normalized spacial score (nSPS) is 10.8. The molecule has 0 aromatic heterocycles. The van der Waals surface area contributed by atoms with Crippen molar-refractivity contribution in [3.05, 3.63) is 47.8 Å². The van der Waals surface area contributed by atoms with E-state index in [0.29, 0.717) is 16.3 Å². The van der Waals surface area contributed by atoms with Crippen LogP contribution in [-0.2, 0) is 0 Å². The Balaban J connectivity index is 2.46. The van der Waals surface area contributed by atoms with Crippen LogP contribution in [0.5, 0.6) is 0 Å². The van der Waals surface area contributed by atoms with Crippen molar-refractivity contribution in [2.24, 2.45) is 0 Å². The SMILES string of the molecule is O=C(c1ccc(F)c2ccccc12)N(CCO)CCO. The van der Waals surface area contributed by atoms with Crippen LogP contribution in [0.1, 0.15) is 10.4 Å². The number of fused-ring (bicyclic) bond motifs is 1. The molecular formula is C15H16FNO3. The highest BCUT2D eigenvalue weighted by atomic mass is 19.1. The first-order valence-electron chi connectivity index (χ1n) is 6.37. The third-order valence-electron chi connectivity index (χ3n) is 3.13. The fourth-order valence-corrected chi connectivity index (χ4v) is 2.18. The van der Waals surface area contributed by atoms with Gasteiger partial charge >= 0.3 is 0 Å². The number of amides is 1. The summed E-state index contributed by atoms with van der Waals surface area (Å²) in [5.41, 5.74) is 0.365. The van der Waals surface area contributed by atoms with Crippen molar-refractivity contribution in [2.45, 2.75) is 0 Å². The van der Waals surface area contributed by atoms with Crippen LogP contribution in [0.15, 0.2) is 36.4 Å². The van der Waals surface area contributed by atoms with Crippen molar-refractivity contribution in [2.75, 3.05) is 26.3 Å². The molecule has 0 aliphatic rings. The van der Waals surface area contributed by atoms with E-state index in [1.54, 1.807) is 24.3 Å². The number of aliphatic hydroxyl groups is 2. The molecule has 2 N–H and O–H groups in total. The van der Waals surface area contributed by atoms with Gasteiger partial charge in [0.05, 0.1) is 13.2 Å². The second-order valence-electron chi connectivity index (χ2n) is 4.38. The van der Waals surface area contributed by atoms with E-state index >= 15 is 0 Å². The minimum Gasteiger partial charge on any atom is -0.395 e. The molecule has 0 bridgehead atoms. The summed E-state index contributed by atoms with van der Waals surface area (Å²) in [6, 6.07) is 9.43. The molecule has 0 unspecified atom stereocenters. The van der Waals surface area contributed by atoms with E-state index in [2.05, 4.69) is 0 Å². The van der Waals surface area contributed by atoms with Gasteiger partial charge in [-0.2, -0.15) is 0 Å². The van der Waals surface area contributed by atoms with E-state index in [1.807, 2.05) is 0 Å². The molecule has 0 saturated heterocycles. The molecule has 2 rings (SSSR count). The van der Waals surface area contributed by atoms with Crippen molar-refractivity contribution >= 4 is 16.7 Å². The highest BCUT2D eigenvalue weighted by molar-refractivity contribution is 6.07. The quantitative estimate of drug-likeness (QED) is 0.868. The Bertz CT molecular complexity index is 609. The lowest BCUT2D eigenvalue weighted by Crippen LogP contribution is -2.36. The molecule has 1 amide bonds. The summed E-state index contributed by atoms with van der Waals surface area (Å²) in [7, 11) is 0. The summed E-state index contributed by atoms with van der Waals surface area (Å²) in [4.78, 5) is 13.8. The minimum atomic E-state index is -0.381. The second-order valence-corrected chi connectivity index (χ2v) is 4.38. The Morgan fingerprint density at radius 1 is 1.00 bits per heavy atom. The van der Waals surface area contributed by atoms with Gasteiger partial charge in [-0.1, -0.05) is 24.3 Å². The van der Waals surface area contributed by atoms with Gasteiger partial charge in [0.15, 0.2) is 0 Å². The van der Waals surface area contributed by atoms with Crippen molar-refractivity contribution in [1.29, 1.82) is 0 Å². The molecule has 5 heteroatoms. The Labute approximate surface area is 116 Å². The molecule has 0 atom stereocenters. The molecule has 0 aliphatic carbocycles. The van der Waals surface area contributed by atoms with Crippen LogP contribution in [0.4, 0.5) is 4.39 Å². The smallest absolute Gasteiger partial charge is 0.254 e. The van der Waals surface area contributed by atoms with Gasteiger partial charge in [-0.05, 0) is 17.5 Å². The molecule has 2 aromatic rings. The average molecular weight is 277 g/mol. The Morgan fingerprint density at radius 2 is 1.60 bits per heavy atom. The maximum absolute atomic E-state index is 13.7. The topological polar surface area (TPSA) is 60.8 Å². The number of aliphatic hydroxyl groups excluding tert-OH is 2. The Morgan fingerprint density at radius 3 is 2.20 bits per heavy atom. The van der Waals surface area contributed by atoms with E-state index in [4.69, 9.17) is 10.2 Å². The number of halogens is 1. The second kappa shape index (κ2) is 6.45. The number of hydrogen-bond donors (Lipinski definition) is 2. The lowest BCUT2D eigenvalue weighted by Gasteiger charge is -2.21. The van der Waals surface area contributed by atoms with Crippen LogP contribution in [-0.4, -0.2) is 47.3 Å². The third-order valence-corrected chi connectivity index (χ3v) is 3.13. The first-order valence-corrected chi connectivity index (χ1v) is 6.37. The lowest BCUT2D eigenvalue weighted by molar-refractivity contribution is 0.0687. The van der Waals surface area contributed by atoms with E-state index < -0.39 is 0 Å². The Kier molecular flexibility index (Phi) is 4.65. The molecule has 0 spiro atoms.